The molecule has 4 heteroatoms. The number of rotatable bonds is 3. The molecule has 0 aromatic carbocycles. The Morgan fingerprint density at radius 3 is 2.65 bits per heavy atom. The summed E-state index contributed by atoms with van der Waals surface area (Å²) in [5, 5.41) is 3.49. The van der Waals surface area contributed by atoms with Crippen LogP contribution in [-0.4, -0.2) is 16.5 Å². The molecule has 2 aliphatic carbocycles. The summed E-state index contributed by atoms with van der Waals surface area (Å²) in [6.45, 7) is 7.37. The van der Waals surface area contributed by atoms with Crippen LogP contribution in [0, 0.1) is 17.8 Å². The lowest BCUT2D eigenvalue weighted by Gasteiger charge is -2.23. The van der Waals surface area contributed by atoms with E-state index in [0.717, 1.165) is 35.9 Å². The number of nitrogens with one attached hydrogen (secondary N) is 1. The lowest BCUT2D eigenvalue weighted by Crippen LogP contribution is -2.22. The topological polar surface area (TPSA) is 63.8 Å². The van der Waals surface area contributed by atoms with Gasteiger partial charge in [0.1, 0.15) is 17.5 Å². The van der Waals surface area contributed by atoms with Crippen LogP contribution in [0.2, 0.25) is 0 Å². The molecule has 2 saturated carbocycles. The summed E-state index contributed by atoms with van der Waals surface area (Å²) in [6, 6.07) is 1.85. The first-order valence-corrected chi connectivity index (χ1v) is 7.81. The van der Waals surface area contributed by atoms with E-state index in [-0.39, 0.29) is 5.41 Å². The number of nitrogen functional groups attached to an aromatic ring is 1. The third-order valence-electron chi connectivity index (χ3n) is 4.85. The second kappa shape index (κ2) is 4.90. The average molecular weight is 274 g/mol. The van der Waals surface area contributed by atoms with Gasteiger partial charge in [-0.05, 0) is 37.0 Å². The SMILES string of the molecule is CC(C)(C)c1nc(N)cc(NCC2CC3CCC2C3)n1. The number of nitrogens with zero attached hydrogens (tertiary/aromatic N) is 2. The zero-order chi connectivity index (χ0) is 14.3. The molecule has 1 aromatic heterocycles. The first kappa shape index (κ1) is 13.7. The smallest absolute Gasteiger partial charge is 0.138 e. The van der Waals surface area contributed by atoms with E-state index in [1.165, 1.54) is 25.7 Å². The van der Waals surface area contributed by atoms with E-state index >= 15 is 0 Å². The number of hydrogen-bond donors (Lipinski definition) is 2. The van der Waals surface area contributed by atoms with Gasteiger partial charge in [-0.25, -0.2) is 9.97 Å². The molecule has 0 aliphatic heterocycles. The summed E-state index contributed by atoms with van der Waals surface area (Å²) in [4.78, 5) is 8.98. The van der Waals surface area contributed by atoms with Gasteiger partial charge in [-0.15, -0.1) is 0 Å². The number of fused-ring (bicyclic) bond motifs is 2. The van der Waals surface area contributed by atoms with Crippen molar-refractivity contribution in [3.63, 3.8) is 0 Å². The number of nitrogens with two attached hydrogens (primary N) is 1. The molecule has 2 fully saturated rings. The fraction of sp³-hybridized carbons (Fsp3) is 0.750. The van der Waals surface area contributed by atoms with Crippen LogP contribution < -0.4 is 11.1 Å². The highest BCUT2D eigenvalue weighted by molar-refractivity contribution is 5.45. The fourth-order valence-corrected chi connectivity index (χ4v) is 3.75. The van der Waals surface area contributed by atoms with E-state index in [4.69, 9.17) is 5.73 Å². The fourth-order valence-electron chi connectivity index (χ4n) is 3.75. The molecule has 0 spiro atoms. The predicted molar refractivity (Wildman–Crippen MR) is 82.6 cm³/mol. The lowest BCUT2D eigenvalue weighted by molar-refractivity contribution is 0.348. The highest BCUT2D eigenvalue weighted by atomic mass is 15.1. The zero-order valence-electron chi connectivity index (χ0n) is 12.8. The molecular weight excluding hydrogens is 248 g/mol. The van der Waals surface area contributed by atoms with Gasteiger partial charge in [-0.3, -0.25) is 0 Å². The Bertz CT molecular complexity index is 492. The number of hydrogen-bond acceptors (Lipinski definition) is 4. The molecule has 1 heterocycles. The molecular formula is C16H26N4. The minimum absolute atomic E-state index is 0.0712. The van der Waals surface area contributed by atoms with Gasteiger partial charge >= 0.3 is 0 Å². The average Bonchev–Trinajstić information content (AvgIpc) is 2.96. The van der Waals surface area contributed by atoms with Crippen LogP contribution >= 0.6 is 0 Å². The molecule has 20 heavy (non-hydrogen) atoms. The van der Waals surface area contributed by atoms with Crippen molar-refractivity contribution in [2.75, 3.05) is 17.6 Å². The monoisotopic (exact) mass is 274 g/mol. The molecule has 0 radical (unpaired) electrons. The first-order chi connectivity index (χ1) is 9.41. The maximum atomic E-state index is 5.91. The van der Waals surface area contributed by atoms with E-state index < -0.39 is 0 Å². The summed E-state index contributed by atoms with van der Waals surface area (Å²) in [6.07, 6.45) is 5.72. The molecule has 2 aliphatic rings. The quantitative estimate of drug-likeness (QED) is 0.888. The van der Waals surface area contributed by atoms with E-state index in [2.05, 4.69) is 36.1 Å². The van der Waals surface area contributed by atoms with Crippen LogP contribution in [0.25, 0.3) is 0 Å². The first-order valence-electron chi connectivity index (χ1n) is 7.81. The molecule has 1 aromatic rings. The number of anilines is 2. The van der Waals surface area contributed by atoms with Gasteiger partial charge < -0.3 is 11.1 Å². The number of aromatic nitrogens is 2. The summed E-state index contributed by atoms with van der Waals surface area (Å²) in [7, 11) is 0. The molecule has 110 valence electrons. The molecule has 4 nitrogen and oxygen atoms in total. The standard InChI is InChI=1S/C16H26N4/c1-16(2,3)15-19-13(17)8-14(20-15)18-9-12-7-10-4-5-11(12)6-10/h8,10-12H,4-7,9H2,1-3H3,(H3,17,18,19,20). The summed E-state index contributed by atoms with van der Waals surface area (Å²) in [5.41, 5.74) is 5.84. The van der Waals surface area contributed by atoms with Crippen LogP contribution in [0.4, 0.5) is 11.6 Å². The minimum atomic E-state index is -0.0712. The maximum absolute atomic E-state index is 5.91. The second-order valence-electron chi connectivity index (χ2n) is 7.57. The Morgan fingerprint density at radius 2 is 2.05 bits per heavy atom. The van der Waals surface area contributed by atoms with Crippen molar-refractivity contribution < 1.29 is 0 Å². The van der Waals surface area contributed by atoms with Gasteiger partial charge in [0, 0.05) is 18.0 Å². The Kier molecular flexibility index (Phi) is 3.35. The van der Waals surface area contributed by atoms with Crippen molar-refractivity contribution in [1.29, 1.82) is 0 Å². The van der Waals surface area contributed by atoms with E-state index in [1.54, 1.807) is 0 Å². The predicted octanol–water partition coefficient (Wildman–Crippen LogP) is 3.20. The normalized spacial score (nSPS) is 28.9. The van der Waals surface area contributed by atoms with Crippen molar-refractivity contribution in [2.45, 2.75) is 51.9 Å². The largest absolute Gasteiger partial charge is 0.384 e. The van der Waals surface area contributed by atoms with Crippen molar-refractivity contribution in [2.24, 2.45) is 17.8 Å². The molecule has 3 N–H and O–H groups in total. The van der Waals surface area contributed by atoms with Crippen molar-refractivity contribution >= 4 is 11.6 Å². The summed E-state index contributed by atoms with van der Waals surface area (Å²) in [5.74, 6) is 5.00. The van der Waals surface area contributed by atoms with Gasteiger partial charge in [-0.2, -0.15) is 0 Å². The van der Waals surface area contributed by atoms with Gasteiger partial charge in [0.25, 0.3) is 0 Å². The minimum Gasteiger partial charge on any atom is -0.384 e. The van der Waals surface area contributed by atoms with Crippen LogP contribution in [-0.2, 0) is 5.41 Å². The van der Waals surface area contributed by atoms with Crippen molar-refractivity contribution in [3.05, 3.63) is 11.9 Å². The van der Waals surface area contributed by atoms with Crippen LogP contribution in [0.15, 0.2) is 6.07 Å². The third-order valence-corrected chi connectivity index (χ3v) is 4.85. The van der Waals surface area contributed by atoms with Crippen LogP contribution in [0.1, 0.15) is 52.3 Å². The molecule has 0 saturated heterocycles. The molecule has 3 rings (SSSR count). The van der Waals surface area contributed by atoms with Crippen molar-refractivity contribution in [3.8, 4) is 0 Å². The lowest BCUT2D eigenvalue weighted by atomic mass is 9.89. The van der Waals surface area contributed by atoms with E-state index in [1.807, 2.05) is 6.07 Å². The maximum Gasteiger partial charge on any atom is 0.138 e. The van der Waals surface area contributed by atoms with Crippen LogP contribution in [0.5, 0.6) is 0 Å². The van der Waals surface area contributed by atoms with E-state index in [0.29, 0.717) is 5.82 Å². The van der Waals surface area contributed by atoms with Gasteiger partial charge in [-0.1, -0.05) is 27.2 Å². The third kappa shape index (κ3) is 2.74. The molecule has 0 amide bonds. The Balaban J connectivity index is 1.67. The zero-order valence-corrected chi connectivity index (χ0v) is 12.8. The Labute approximate surface area is 121 Å². The highest BCUT2D eigenvalue weighted by Crippen LogP contribution is 2.48. The van der Waals surface area contributed by atoms with Crippen LogP contribution in [0.3, 0.4) is 0 Å². The summed E-state index contributed by atoms with van der Waals surface area (Å²) >= 11 is 0. The van der Waals surface area contributed by atoms with Gasteiger partial charge in [0.2, 0.25) is 0 Å². The highest BCUT2D eigenvalue weighted by Gasteiger charge is 2.39. The summed E-state index contributed by atoms with van der Waals surface area (Å²) < 4.78 is 0. The van der Waals surface area contributed by atoms with Gasteiger partial charge in [0.05, 0.1) is 0 Å². The van der Waals surface area contributed by atoms with Gasteiger partial charge in [0.15, 0.2) is 0 Å². The Morgan fingerprint density at radius 1 is 1.25 bits per heavy atom. The molecule has 3 atom stereocenters. The van der Waals surface area contributed by atoms with Crippen molar-refractivity contribution in [1.82, 2.24) is 9.97 Å². The Hall–Kier alpha value is -1.32. The molecule has 2 bridgehead atoms. The molecule has 3 unspecified atom stereocenters. The second-order valence-corrected chi connectivity index (χ2v) is 7.57. The van der Waals surface area contributed by atoms with E-state index in [9.17, 15) is 0 Å².